The topological polar surface area (TPSA) is 471 Å². The van der Waals surface area contributed by atoms with Crippen LogP contribution in [0.15, 0.2) is 104 Å². The number of pyridine rings is 1. The van der Waals surface area contributed by atoms with Gasteiger partial charge >= 0.3 is 0 Å². The molecular weight excluding hydrogens is 1200 g/mol. The van der Waals surface area contributed by atoms with Crippen LogP contribution in [0.5, 0.6) is 0 Å². The van der Waals surface area contributed by atoms with Crippen molar-refractivity contribution in [1.82, 2.24) is 77.8 Å². The fourth-order valence-electron chi connectivity index (χ4n) is 7.55. The molecule has 0 aromatic carbocycles. The highest BCUT2D eigenvalue weighted by Gasteiger charge is 2.33. The van der Waals surface area contributed by atoms with E-state index >= 15 is 0 Å². The van der Waals surface area contributed by atoms with Crippen LogP contribution in [-0.2, 0) is 28.7 Å². The molecular formula is C55H54N16O16S2. The maximum atomic E-state index is 14.1. The van der Waals surface area contributed by atoms with Gasteiger partial charge in [0.15, 0.2) is 23.3 Å². The molecule has 6 aromatic heterocycles. The first-order chi connectivity index (χ1) is 42.0. The summed E-state index contributed by atoms with van der Waals surface area (Å²) in [4.78, 5) is 159. The molecule has 0 saturated heterocycles. The number of hydrogen-bond acceptors (Lipinski definition) is 24. The number of aryl methyl sites for hydroxylation is 3. The summed E-state index contributed by atoms with van der Waals surface area (Å²) >= 11 is 1.84. The molecule has 0 fully saturated rings. The van der Waals surface area contributed by atoms with Gasteiger partial charge < -0.3 is 81.8 Å². The minimum Gasteiger partial charge on any atom is -0.441 e. The molecule has 0 spiro atoms. The summed E-state index contributed by atoms with van der Waals surface area (Å²) in [5, 5.41) is 45.6. The number of nitrogens with zero attached hydrogens (tertiary/aromatic N) is 6. The Bertz CT molecular complexity index is 4080. The van der Waals surface area contributed by atoms with Gasteiger partial charge in [-0.1, -0.05) is 39.0 Å². The summed E-state index contributed by atoms with van der Waals surface area (Å²) in [6, 6.07) is 0.666. The third-order valence-electron chi connectivity index (χ3n) is 12.0. The number of nitrogens with two attached hydrogens (primary N) is 1. The number of nitrogens with one attached hydrogen (secondary N) is 9. The first-order valence-electron chi connectivity index (χ1n) is 25.7. The highest BCUT2D eigenvalue weighted by Crippen LogP contribution is 2.34. The number of allylic oxidation sites excluding steroid dienone is 1. The Hall–Kier alpha value is -11.2. The van der Waals surface area contributed by atoms with Crippen LogP contribution < -0.4 is 53.6 Å². The van der Waals surface area contributed by atoms with Crippen molar-refractivity contribution in [2.75, 3.05) is 7.11 Å². The van der Waals surface area contributed by atoms with E-state index < -0.39 is 124 Å². The van der Waals surface area contributed by atoms with E-state index in [1.807, 2.05) is 5.32 Å². The Morgan fingerprint density at radius 2 is 1.20 bits per heavy atom. The minimum atomic E-state index is -1.78. The maximum absolute atomic E-state index is 14.1. The van der Waals surface area contributed by atoms with Gasteiger partial charge in [-0.15, -0.1) is 22.7 Å². The molecule has 34 heteroatoms. The van der Waals surface area contributed by atoms with E-state index in [1.54, 1.807) is 6.92 Å². The van der Waals surface area contributed by atoms with Crippen LogP contribution in [0.1, 0.15) is 119 Å². The highest BCUT2D eigenvalue weighted by molar-refractivity contribution is 7.11. The molecule has 462 valence electrons. The van der Waals surface area contributed by atoms with E-state index in [1.165, 1.54) is 64.6 Å². The van der Waals surface area contributed by atoms with Crippen molar-refractivity contribution >= 4 is 98.8 Å². The van der Waals surface area contributed by atoms with Crippen molar-refractivity contribution in [3.05, 3.63) is 158 Å². The summed E-state index contributed by atoms with van der Waals surface area (Å²) in [7, 11) is 1.25. The molecule has 6 aromatic rings. The van der Waals surface area contributed by atoms with Gasteiger partial charge in [0.2, 0.25) is 23.6 Å². The lowest BCUT2D eigenvalue weighted by atomic mass is 10.1. The number of aliphatic hydroxyl groups excluding tert-OH is 2. The Balaban J connectivity index is 1.25. The molecule has 0 aliphatic carbocycles. The second kappa shape index (κ2) is 27.4. The van der Waals surface area contributed by atoms with Crippen molar-refractivity contribution in [1.29, 1.82) is 0 Å². The standard InChI is InChI=1S/C55H54N16O16S2/c1-13-30-51-69-36(27(10)86-51)47(81)60-23(6)43(77)61-24(7)54-65-33(17-88-54)39-29(14-15-31(62-39)44(78)59-22(5)42(76)58-21(4)41(75)57-20(3)40(56)74)50-68-37(26(9)85-50)48(82)67-35(25(8)73)46(80)64-32(16-19(2)72)52-70-38(28(11)87-52)49(83)71-53(84-12)55-66-34(18-89-55)45(79)63-30/h13-19,25,35,53,72-73H,3-7H2,1-2,8-12H3,(H2,56,74)(H,57,75)(H,58,76)(H,59,78)(H,60,81)(H,61,77)(H,63,79)(H,64,80)(H,67,82)(H,71,83). The Labute approximate surface area is 510 Å². The number of fused-ring (bicyclic) bond motifs is 13. The van der Waals surface area contributed by atoms with Gasteiger partial charge in [-0.3, -0.25) is 47.9 Å². The number of carbonyl (C=O) groups is 10. The largest absolute Gasteiger partial charge is 0.441 e. The summed E-state index contributed by atoms with van der Waals surface area (Å²) in [6.45, 7) is 26.0. The van der Waals surface area contributed by atoms with E-state index in [-0.39, 0.29) is 90.2 Å². The molecule has 0 saturated carbocycles. The average molecular weight is 1260 g/mol. The van der Waals surface area contributed by atoms with E-state index in [4.69, 9.17) is 23.7 Å². The van der Waals surface area contributed by atoms with Gasteiger partial charge in [0, 0.05) is 17.9 Å². The second-order valence-electron chi connectivity index (χ2n) is 18.7. The number of amides is 10. The number of methoxy groups -OCH3 is 1. The van der Waals surface area contributed by atoms with Gasteiger partial charge in [-0.25, -0.2) is 29.9 Å². The number of oxazole rings is 3. The molecule has 7 rings (SSSR count). The van der Waals surface area contributed by atoms with Crippen molar-refractivity contribution < 1.29 is 76.1 Å². The zero-order valence-corrected chi connectivity index (χ0v) is 49.6. The smallest absolute Gasteiger partial charge is 0.278 e. The number of primary amides is 1. The minimum absolute atomic E-state index is 0.00263. The molecule has 0 radical (unpaired) electrons. The lowest BCUT2D eigenvalue weighted by Gasteiger charge is -2.21. The van der Waals surface area contributed by atoms with Crippen LogP contribution >= 0.6 is 22.7 Å². The first kappa shape index (κ1) is 65.3. The maximum Gasteiger partial charge on any atom is 0.278 e. The fraction of sp³-hybridized carbons (Fsp3) is 0.200. The molecule has 13 N–H and O–H groups in total. The number of thiazole rings is 2. The molecule has 10 bridgehead atoms. The normalized spacial score (nSPS) is 17.0. The summed E-state index contributed by atoms with van der Waals surface area (Å²) in [5.41, 5.74) is 0.617. The summed E-state index contributed by atoms with van der Waals surface area (Å²) < 4.78 is 23.0. The lowest BCUT2D eigenvalue weighted by Crippen LogP contribution is -2.52. The molecule has 32 nitrogen and oxygen atoms in total. The van der Waals surface area contributed by atoms with Gasteiger partial charge in [0.25, 0.3) is 53.2 Å². The number of rotatable bonds is 10. The van der Waals surface area contributed by atoms with E-state index in [9.17, 15) is 58.2 Å². The van der Waals surface area contributed by atoms with Gasteiger partial charge in [-0.2, -0.15) is 0 Å². The van der Waals surface area contributed by atoms with Crippen LogP contribution in [-0.4, -0.2) is 125 Å². The quantitative estimate of drug-likeness (QED) is 0.0863. The van der Waals surface area contributed by atoms with Crippen molar-refractivity contribution in [3.8, 4) is 22.8 Å². The van der Waals surface area contributed by atoms with Crippen LogP contribution in [0.25, 0.3) is 39.9 Å². The van der Waals surface area contributed by atoms with Gasteiger partial charge in [0.05, 0.1) is 46.3 Å². The zero-order chi connectivity index (χ0) is 65.5. The molecule has 1 aliphatic heterocycles. The molecule has 4 unspecified atom stereocenters. The lowest BCUT2D eigenvalue weighted by molar-refractivity contribution is -0.124. The third-order valence-corrected chi connectivity index (χ3v) is 13.8. The molecule has 89 heavy (non-hydrogen) atoms. The Morgan fingerprint density at radius 1 is 0.652 bits per heavy atom. The summed E-state index contributed by atoms with van der Waals surface area (Å²) in [5.74, 6) is -11.2. The van der Waals surface area contributed by atoms with Crippen LogP contribution in [0, 0.1) is 20.8 Å². The highest BCUT2D eigenvalue weighted by atomic mass is 32.1. The zero-order valence-electron chi connectivity index (χ0n) is 48.0. The first-order valence-corrected chi connectivity index (χ1v) is 27.4. The fourth-order valence-corrected chi connectivity index (χ4v) is 9.11. The Morgan fingerprint density at radius 3 is 1.80 bits per heavy atom. The molecule has 4 atom stereocenters. The van der Waals surface area contributed by atoms with Gasteiger partial charge in [-0.05, 0) is 59.8 Å². The van der Waals surface area contributed by atoms with Crippen LogP contribution in [0.3, 0.4) is 0 Å². The summed E-state index contributed by atoms with van der Waals surface area (Å²) in [6.07, 6.45) is -1.65. The number of aliphatic hydroxyl groups is 2. The van der Waals surface area contributed by atoms with Crippen molar-refractivity contribution in [2.45, 2.75) is 66.0 Å². The number of hydrogen-bond donors (Lipinski definition) is 12. The molecule has 1 aliphatic rings. The van der Waals surface area contributed by atoms with Gasteiger partial charge in [0.1, 0.15) is 67.5 Å². The van der Waals surface area contributed by atoms with Crippen LogP contribution in [0.2, 0.25) is 0 Å². The number of aromatic nitrogens is 6. The average Bonchev–Trinajstić information content (AvgIpc) is 2.01. The third kappa shape index (κ3) is 15.3. The van der Waals surface area contributed by atoms with Crippen molar-refractivity contribution in [2.24, 2.45) is 5.73 Å². The predicted molar refractivity (Wildman–Crippen MR) is 313 cm³/mol. The van der Waals surface area contributed by atoms with E-state index in [0.29, 0.717) is 0 Å². The molecule has 7 heterocycles. The van der Waals surface area contributed by atoms with Crippen LogP contribution in [0.4, 0.5) is 0 Å². The Kier molecular flexibility index (Phi) is 20.2. The number of ether oxygens (including phenoxy) is 1. The number of carbonyl (C=O) groups excluding carboxylic acids is 10. The predicted octanol–water partition coefficient (Wildman–Crippen LogP) is 1.43. The SMILES string of the molecule is C=C(NC(=O)C(=C)NC(=O)C(=C)NC(=O)c1ccc2c(n1)-c1csc(n1)C(=C)NC(=O)C(=C)NC(=O)c1nc(oc1C)C(=CC)NC(=O)c1csc(n1)C(OC)NC(=O)c1nc(oc1C)C(=CC(C)O)NC(=O)C(C(C)O)NC(=O)c1nc-2oc1C)C(N)=O. The van der Waals surface area contributed by atoms with Crippen molar-refractivity contribution in [3.63, 3.8) is 0 Å². The van der Waals surface area contributed by atoms with E-state index in [2.05, 4.69) is 105 Å². The monoisotopic (exact) mass is 1260 g/mol. The molecule has 10 amide bonds. The second-order valence-corrected chi connectivity index (χ2v) is 20.5. The van der Waals surface area contributed by atoms with E-state index in [0.717, 1.165) is 34.8 Å².